The molecule has 0 aliphatic carbocycles. The SMILES string of the molecule is O=C1/C(=C\c2ccc(F)cc2)SC(=S)N1c1cc(Cl)cc(Cl)c1. The van der Waals surface area contributed by atoms with Crippen LogP contribution in [0, 0.1) is 5.82 Å². The zero-order valence-electron chi connectivity index (χ0n) is 11.4. The molecule has 0 aromatic heterocycles. The van der Waals surface area contributed by atoms with E-state index in [1.807, 2.05) is 0 Å². The van der Waals surface area contributed by atoms with E-state index in [4.69, 9.17) is 35.4 Å². The summed E-state index contributed by atoms with van der Waals surface area (Å²) < 4.78 is 13.3. The molecule has 7 heteroatoms. The largest absolute Gasteiger partial charge is 0.270 e. The van der Waals surface area contributed by atoms with E-state index >= 15 is 0 Å². The molecule has 0 spiro atoms. The number of halogens is 3. The molecule has 2 nitrogen and oxygen atoms in total. The van der Waals surface area contributed by atoms with Crippen molar-refractivity contribution < 1.29 is 9.18 Å². The highest BCUT2D eigenvalue weighted by molar-refractivity contribution is 8.27. The lowest BCUT2D eigenvalue weighted by Crippen LogP contribution is -2.27. The van der Waals surface area contributed by atoms with Crippen LogP contribution >= 0.6 is 47.2 Å². The predicted octanol–water partition coefficient (Wildman–Crippen LogP) is 5.54. The van der Waals surface area contributed by atoms with E-state index in [9.17, 15) is 9.18 Å². The Morgan fingerprint density at radius 2 is 1.70 bits per heavy atom. The Bertz CT molecular complexity index is 816. The lowest BCUT2D eigenvalue weighted by Gasteiger charge is -2.15. The van der Waals surface area contributed by atoms with Gasteiger partial charge in [-0.2, -0.15) is 0 Å². The summed E-state index contributed by atoms with van der Waals surface area (Å²) >= 11 is 18.4. The van der Waals surface area contributed by atoms with Crippen molar-refractivity contribution in [1.82, 2.24) is 0 Å². The molecule has 0 bridgehead atoms. The second-order valence-electron chi connectivity index (χ2n) is 4.70. The lowest BCUT2D eigenvalue weighted by molar-refractivity contribution is -0.113. The number of nitrogens with zero attached hydrogens (tertiary/aromatic N) is 1. The van der Waals surface area contributed by atoms with Gasteiger partial charge in [0.2, 0.25) is 0 Å². The lowest BCUT2D eigenvalue weighted by atomic mass is 10.2. The van der Waals surface area contributed by atoms with Crippen LogP contribution in [0.3, 0.4) is 0 Å². The number of hydrogen-bond acceptors (Lipinski definition) is 3. The number of anilines is 1. The van der Waals surface area contributed by atoms with Gasteiger partial charge >= 0.3 is 0 Å². The molecule has 0 N–H and O–H groups in total. The van der Waals surface area contributed by atoms with Crippen LogP contribution in [0.15, 0.2) is 47.4 Å². The normalized spacial score (nSPS) is 16.5. The molecule has 2 aromatic rings. The number of amides is 1. The molecule has 0 saturated carbocycles. The van der Waals surface area contributed by atoms with Crippen LogP contribution in [0.1, 0.15) is 5.56 Å². The molecular formula is C16H8Cl2FNOS2. The summed E-state index contributed by atoms with van der Waals surface area (Å²) in [5.74, 6) is -0.592. The molecule has 1 amide bonds. The van der Waals surface area contributed by atoms with Crippen LogP contribution in [0.5, 0.6) is 0 Å². The Kier molecular flexibility index (Phi) is 4.73. The number of carbonyl (C=O) groups is 1. The number of thioether (sulfide) groups is 1. The van der Waals surface area contributed by atoms with Gasteiger partial charge in [-0.05, 0) is 42.0 Å². The maximum absolute atomic E-state index is 13.0. The summed E-state index contributed by atoms with van der Waals surface area (Å²) in [4.78, 5) is 14.4. The van der Waals surface area contributed by atoms with E-state index in [0.29, 0.717) is 25.0 Å². The molecule has 1 fully saturated rings. The molecule has 23 heavy (non-hydrogen) atoms. The van der Waals surface area contributed by atoms with E-state index in [0.717, 1.165) is 5.56 Å². The number of rotatable bonds is 2. The van der Waals surface area contributed by atoms with Crippen LogP contribution in [0.25, 0.3) is 6.08 Å². The zero-order valence-corrected chi connectivity index (χ0v) is 14.6. The minimum Gasteiger partial charge on any atom is -0.268 e. The molecule has 1 aliphatic rings. The second-order valence-corrected chi connectivity index (χ2v) is 7.24. The van der Waals surface area contributed by atoms with Gasteiger partial charge in [-0.25, -0.2) is 4.39 Å². The molecule has 0 radical (unpaired) electrons. The third-order valence-corrected chi connectivity index (χ3v) is 4.81. The van der Waals surface area contributed by atoms with Crippen LogP contribution in [0.4, 0.5) is 10.1 Å². The first-order chi connectivity index (χ1) is 10.9. The van der Waals surface area contributed by atoms with Gasteiger partial charge in [0, 0.05) is 10.0 Å². The minimum absolute atomic E-state index is 0.261. The quantitative estimate of drug-likeness (QED) is 0.501. The monoisotopic (exact) mass is 383 g/mol. The van der Waals surface area contributed by atoms with Gasteiger partial charge in [0.1, 0.15) is 5.82 Å². The first-order valence-electron chi connectivity index (χ1n) is 6.44. The van der Waals surface area contributed by atoms with Crippen LogP contribution in [0.2, 0.25) is 10.0 Å². The van der Waals surface area contributed by atoms with Crippen molar-refractivity contribution >= 4 is 69.2 Å². The molecule has 2 aromatic carbocycles. The fourth-order valence-corrected chi connectivity index (χ4v) is 3.88. The summed E-state index contributed by atoms with van der Waals surface area (Å²) in [5, 5.41) is 0.841. The number of thiocarbonyl (C=S) groups is 1. The summed E-state index contributed by atoms with van der Waals surface area (Å²) in [6.45, 7) is 0. The fourth-order valence-electron chi connectivity index (χ4n) is 2.07. The smallest absolute Gasteiger partial charge is 0.268 e. The molecule has 116 valence electrons. The maximum Gasteiger partial charge on any atom is 0.270 e. The first-order valence-corrected chi connectivity index (χ1v) is 8.42. The third kappa shape index (κ3) is 3.58. The number of benzene rings is 2. The topological polar surface area (TPSA) is 20.3 Å². The molecule has 1 heterocycles. The molecule has 0 unspecified atom stereocenters. The highest BCUT2D eigenvalue weighted by Gasteiger charge is 2.33. The number of hydrogen-bond donors (Lipinski definition) is 0. The van der Waals surface area contributed by atoms with E-state index in [1.54, 1.807) is 36.4 Å². The number of carbonyl (C=O) groups excluding carboxylic acids is 1. The van der Waals surface area contributed by atoms with Gasteiger partial charge in [-0.3, -0.25) is 9.69 Å². The fraction of sp³-hybridized carbons (Fsp3) is 0. The minimum atomic E-state index is -0.330. The highest BCUT2D eigenvalue weighted by atomic mass is 35.5. The van der Waals surface area contributed by atoms with Crippen molar-refractivity contribution in [2.45, 2.75) is 0 Å². The van der Waals surface area contributed by atoms with Gasteiger partial charge in [-0.1, -0.05) is 59.3 Å². The van der Waals surface area contributed by atoms with Gasteiger partial charge in [0.15, 0.2) is 4.32 Å². The second kappa shape index (κ2) is 6.61. The third-order valence-electron chi connectivity index (χ3n) is 3.07. The maximum atomic E-state index is 13.0. The zero-order chi connectivity index (χ0) is 16.6. The van der Waals surface area contributed by atoms with Crippen molar-refractivity contribution in [3.8, 4) is 0 Å². The molecular weight excluding hydrogens is 376 g/mol. The highest BCUT2D eigenvalue weighted by Crippen LogP contribution is 2.37. The van der Waals surface area contributed by atoms with Crippen molar-refractivity contribution in [1.29, 1.82) is 0 Å². The Balaban J connectivity index is 1.95. The van der Waals surface area contributed by atoms with Crippen molar-refractivity contribution in [2.24, 2.45) is 0 Å². The Morgan fingerprint density at radius 3 is 2.30 bits per heavy atom. The average molecular weight is 384 g/mol. The molecule has 3 rings (SSSR count). The molecule has 1 aliphatic heterocycles. The van der Waals surface area contributed by atoms with E-state index in [1.165, 1.54) is 28.8 Å². The molecule has 0 atom stereocenters. The first kappa shape index (κ1) is 16.5. The van der Waals surface area contributed by atoms with E-state index < -0.39 is 0 Å². The Hall–Kier alpha value is -1.40. The van der Waals surface area contributed by atoms with Crippen LogP contribution in [-0.4, -0.2) is 10.2 Å². The van der Waals surface area contributed by atoms with Crippen molar-refractivity contribution in [3.63, 3.8) is 0 Å². The van der Waals surface area contributed by atoms with E-state index in [2.05, 4.69) is 0 Å². The van der Waals surface area contributed by atoms with Gasteiger partial charge < -0.3 is 0 Å². The summed E-state index contributed by atoms with van der Waals surface area (Å²) in [6.07, 6.45) is 1.67. The standard InChI is InChI=1S/C16H8Cl2FNOS2/c17-10-6-11(18)8-13(7-10)20-15(21)14(23-16(20)22)5-9-1-3-12(19)4-2-9/h1-8H/b14-5+. The summed E-state index contributed by atoms with van der Waals surface area (Å²) in [7, 11) is 0. The molecule has 1 saturated heterocycles. The van der Waals surface area contributed by atoms with Crippen LogP contribution in [-0.2, 0) is 4.79 Å². The summed E-state index contributed by atoms with van der Waals surface area (Å²) in [5.41, 5.74) is 1.24. The average Bonchev–Trinajstić information content (AvgIpc) is 2.75. The van der Waals surface area contributed by atoms with Gasteiger partial charge in [-0.15, -0.1) is 0 Å². The van der Waals surface area contributed by atoms with Crippen molar-refractivity contribution in [2.75, 3.05) is 4.90 Å². The summed E-state index contributed by atoms with van der Waals surface area (Å²) in [6, 6.07) is 10.7. The van der Waals surface area contributed by atoms with Crippen molar-refractivity contribution in [3.05, 3.63) is 68.8 Å². The Morgan fingerprint density at radius 1 is 1.09 bits per heavy atom. The predicted molar refractivity (Wildman–Crippen MR) is 98.5 cm³/mol. The van der Waals surface area contributed by atoms with Gasteiger partial charge in [0.25, 0.3) is 5.91 Å². The Labute approximate surface area is 151 Å². The van der Waals surface area contributed by atoms with Gasteiger partial charge in [0.05, 0.1) is 10.6 Å². The van der Waals surface area contributed by atoms with E-state index in [-0.39, 0.29) is 11.7 Å². The van der Waals surface area contributed by atoms with Crippen LogP contribution < -0.4 is 4.90 Å².